The first kappa shape index (κ1) is 12.4. The van der Waals surface area contributed by atoms with Crippen molar-refractivity contribution in [3.05, 3.63) is 29.8 Å². The van der Waals surface area contributed by atoms with E-state index in [4.69, 9.17) is 10.9 Å². The Balaban J connectivity index is 1.99. The predicted molar refractivity (Wildman–Crippen MR) is 69.5 cm³/mol. The van der Waals surface area contributed by atoms with E-state index in [2.05, 4.69) is 10.5 Å². The van der Waals surface area contributed by atoms with Gasteiger partial charge in [-0.25, -0.2) is 0 Å². The van der Waals surface area contributed by atoms with Gasteiger partial charge in [0.2, 0.25) is 5.91 Å². The molecule has 1 amide bonds. The summed E-state index contributed by atoms with van der Waals surface area (Å²) in [7, 11) is 0. The van der Waals surface area contributed by atoms with Crippen LogP contribution in [-0.2, 0) is 4.79 Å². The lowest BCUT2D eigenvalue weighted by Crippen LogP contribution is -2.21. The van der Waals surface area contributed by atoms with Crippen molar-refractivity contribution in [1.82, 2.24) is 0 Å². The molecule has 96 valence electrons. The maximum absolute atomic E-state index is 11.9. The van der Waals surface area contributed by atoms with Crippen LogP contribution in [0.1, 0.15) is 25.3 Å². The van der Waals surface area contributed by atoms with Gasteiger partial charge in [0, 0.05) is 17.2 Å². The number of benzene rings is 1. The second kappa shape index (κ2) is 5.08. The third kappa shape index (κ3) is 2.80. The highest BCUT2D eigenvalue weighted by molar-refractivity contribution is 5.98. The van der Waals surface area contributed by atoms with Crippen LogP contribution in [0.3, 0.4) is 0 Å². The van der Waals surface area contributed by atoms with Gasteiger partial charge in [0.25, 0.3) is 0 Å². The summed E-state index contributed by atoms with van der Waals surface area (Å²) < 4.78 is 0. The molecule has 1 saturated carbocycles. The van der Waals surface area contributed by atoms with Gasteiger partial charge in [0.05, 0.1) is 0 Å². The lowest BCUT2D eigenvalue weighted by molar-refractivity contribution is -0.119. The van der Waals surface area contributed by atoms with Crippen LogP contribution in [0, 0.1) is 11.8 Å². The number of carbonyl (C=O) groups excluding carboxylic acids is 1. The molecule has 5 heteroatoms. The number of amidine groups is 1. The zero-order valence-electron chi connectivity index (χ0n) is 10.3. The number of hydrogen-bond donors (Lipinski definition) is 3. The summed E-state index contributed by atoms with van der Waals surface area (Å²) in [4.78, 5) is 11.9. The number of nitrogens with zero attached hydrogens (tertiary/aromatic N) is 1. The first-order chi connectivity index (χ1) is 8.61. The largest absolute Gasteiger partial charge is 0.409 e. The van der Waals surface area contributed by atoms with Gasteiger partial charge in [-0.1, -0.05) is 12.1 Å². The number of nitrogens with one attached hydrogen (secondary N) is 1. The zero-order valence-corrected chi connectivity index (χ0v) is 10.3. The molecule has 18 heavy (non-hydrogen) atoms. The van der Waals surface area contributed by atoms with E-state index in [1.165, 1.54) is 0 Å². The number of carbonyl (C=O) groups is 1. The summed E-state index contributed by atoms with van der Waals surface area (Å²) in [5, 5.41) is 14.3. The summed E-state index contributed by atoms with van der Waals surface area (Å²) in [6.45, 7) is 1.96. The lowest BCUT2D eigenvalue weighted by Gasteiger charge is -2.11. The number of oxime groups is 1. The number of rotatable bonds is 4. The second-order valence-corrected chi connectivity index (χ2v) is 4.68. The van der Waals surface area contributed by atoms with Crippen molar-refractivity contribution >= 4 is 17.4 Å². The number of amides is 1. The Hall–Kier alpha value is -2.04. The molecular weight excluding hydrogens is 230 g/mol. The lowest BCUT2D eigenvalue weighted by atomic mass is 10.1. The van der Waals surface area contributed by atoms with Gasteiger partial charge >= 0.3 is 0 Å². The highest BCUT2D eigenvalue weighted by Crippen LogP contribution is 2.37. The second-order valence-electron chi connectivity index (χ2n) is 4.68. The van der Waals surface area contributed by atoms with Crippen LogP contribution < -0.4 is 11.1 Å². The normalized spacial score (nSPS) is 17.3. The molecule has 0 heterocycles. The average Bonchev–Trinajstić information content (AvgIpc) is 3.22. The van der Waals surface area contributed by atoms with E-state index >= 15 is 0 Å². The van der Waals surface area contributed by atoms with Gasteiger partial charge in [0.1, 0.15) is 0 Å². The Morgan fingerprint density at radius 2 is 2.06 bits per heavy atom. The Labute approximate surface area is 106 Å². The van der Waals surface area contributed by atoms with Crippen LogP contribution in [0.15, 0.2) is 29.4 Å². The Morgan fingerprint density at radius 3 is 2.56 bits per heavy atom. The molecule has 1 aliphatic carbocycles. The maximum Gasteiger partial charge on any atom is 0.227 e. The van der Waals surface area contributed by atoms with Crippen molar-refractivity contribution in [2.75, 3.05) is 5.32 Å². The highest BCUT2D eigenvalue weighted by atomic mass is 16.4. The Morgan fingerprint density at radius 1 is 1.44 bits per heavy atom. The van der Waals surface area contributed by atoms with Crippen LogP contribution in [-0.4, -0.2) is 17.0 Å². The Bertz CT molecular complexity index is 464. The molecule has 0 radical (unpaired) electrons. The maximum atomic E-state index is 11.9. The molecule has 1 unspecified atom stereocenters. The van der Waals surface area contributed by atoms with Crippen LogP contribution in [0.4, 0.5) is 5.69 Å². The van der Waals surface area contributed by atoms with Crippen LogP contribution in [0.5, 0.6) is 0 Å². The molecule has 0 saturated heterocycles. The molecule has 1 atom stereocenters. The van der Waals surface area contributed by atoms with Crippen molar-refractivity contribution < 1.29 is 10.0 Å². The van der Waals surface area contributed by atoms with E-state index in [1.54, 1.807) is 24.3 Å². The van der Waals surface area contributed by atoms with Gasteiger partial charge < -0.3 is 16.3 Å². The predicted octanol–water partition coefficient (Wildman–Crippen LogP) is 1.77. The van der Waals surface area contributed by atoms with Gasteiger partial charge in [-0.2, -0.15) is 0 Å². The van der Waals surface area contributed by atoms with Crippen molar-refractivity contribution in [2.24, 2.45) is 22.7 Å². The standard InChI is InChI=1S/C13H17N3O2/c1-8(9-2-3-9)13(17)15-11-6-4-10(5-7-11)12(14)16-18/h4-9,18H,2-3H2,1H3,(H2,14,16)(H,15,17). The third-order valence-corrected chi connectivity index (χ3v) is 3.30. The quantitative estimate of drug-likeness (QED) is 0.328. The monoisotopic (exact) mass is 247 g/mol. The van der Waals surface area contributed by atoms with E-state index in [0.717, 1.165) is 18.5 Å². The molecular formula is C13H17N3O2. The topological polar surface area (TPSA) is 87.7 Å². The third-order valence-electron chi connectivity index (χ3n) is 3.30. The molecule has 0 bridgehead atoms. The van der Waals surface area contributed by atoms with Crippen molar-refractivity contribution in [2.45, 2.75) is 19.8 Å². The van der Waals surface area contributed by atoms with Crippen molar-refractivity contribution in [3.8, 4) is 0 Å². The fraction of sp³-hybridized carbons (Fsp3) is 0.385. The molecule has 1 aliphatic rings. The first-order valence-electron chi connectivity index (χ1n) is 6.00. The van der Waals surface area contributed by atoms with Crippen LogP contribution >= 0.6 is 0 Å². The van der Waals surface area contributed by atoms with Gasteiger partial charge in [0.15, 0.2) is 5.84 Å². The Kier molecular flexibility index (Phi) is 3.50. The van der Waals surface area contributed by atoms with E-state index in [9.17, 15) is 4.79 Å². The summed E-state index contributed by atoms with van der Waals surface area (Å²) in [5.41, 5.74) is 6.79. The molecule has 5 nitrogen and oxygen atoms in total. The smallest absolute Gasteiger partial charge is 0.227 e. The molecule has 1 aromatic rings. The fourth-order valence-corrected chi connectivity index (χ4v) is 1.85. The van der Waals surface area contributed by atoms with E-state index in [0.29, 0.717) is 11.5 Å². The summed E-state index contributed by atoms with van der Waals surface area (Å²) >= 11 is 0. The molecule has 2 rings (SSSR count). The first-order valence-corrected chi connectivity index (χ1v) is 6.00. The minimum atomic E-state index is 0.0500. The van der Waals surface area contributed by atoms with E-state index in [1.807, 2.05) is 6.92 Å². The molecule has 0 spiro atoms. The number of anilines is 1. The molecule has 1 aromatic carbocycles. The molecule has 1 fully saturated rings. The molecule has 0 aromatic heterocycles. The summed E-state index contributed by atoms with van der Waals surface area (Å²) in [6, 6.07) is 6.88. The number of nitrogens with two attached hydrogens (primary N) is 1. The fourth-order valence-electron chi connectivity index (χ4n) is 1.85. The SMILES string of the molecule is CC(C(=O)Nc1ccc(/C(N)=N/O)cc1)C1CC1. The van der Waals surface area contributed by atoms with Crippen LogP contribution in [0.25, 0.3) is 0 Å². The number of hydrogen-bond acceptors (Lipinski definition) is 3. The summed E-state index contributed by atoms with van der Waals surface area (Å²) in [5.74, 6) is 0.712. The minimum absolute atomic E-state index is 0.0500. The zero-order chi connectivity index (χ0) is 13.1. The van der Waals surface area contributed by atoms with Gasteiger partial charge in [-0.15, -0.1) is 0 Å². The van der Waals surface area contributed by atoms with Crippen LogP contribution in [0.2, 0.25) is 0 Å². The summed E-state index contributed by atoms with van der Waals surface area (Å²) in [6.07, 6.45) is 2.30. The minimum Gasteiger partial charge on any atom is -0.409 e. The average molecular weight is 247 g/mol. The van der Waals surface area contributed by atoms with Crippen molar-refractivity contribution in [3.63, 3.8) is 0 Å². The van der Waals surface area contributed by atoms with E-state index in [-0.39, 0.29) is 17.7 Å². The van der Waals surface area contributed by atoms with E-state index < -0.39 is 0 Å². The molecule has 0 aliphatic heterocycles. The van der Waals surface area contributed by atoms with Gasteiger partial charge in [-0.3, -0.25) is 4.79 Å². The molecule has 4 N–H and O–H groups in total. The van der Waals surface area contributed by atoms with Crippen molar-refractivity contribution in [1.29, 1.82) is 0 Å². The van der Waals surface area contributed by atoms with Gasteiger partial charge in [-0.05, 0) is 43.0 Å². The highest BCUT2D eigenvalue weighted by Gasteiger charge is 2.32.